The minimum atomic E-state index is 0.00393. The third-order valence-electron chi connectivity index (χ3n) is 3.86. The summed E-state index contributed by atoms with van der Waals surface area (Å²) in [4.78, 5) is 11.8. The number of nitrogen functional groups attached to an aromatic ring is 1. The average Bonchev–Trinajstić information content (AvgIpc) is 2.57. The van der Waals surface area contributed by atoms with E-state index in [4.69, 9.17) is 10.5 Å². The standard InChI is InChI=1S/C20H26N2O2/c1-15(2)17-5-9-19(10-6-17)24-14-12-20(23)22-13-11-16-3-7-18(21)8-4-16/h3-10,15H,11-14,21H2,1-2H3,(H,22,23). The van der Waals surface area contributed by atoms with Gasteiger partial charge in [-0.1, -0.05) is 38.1 Å². The molecule has 4 heteroatoms. The highest BCUT2D eigenvalue weighted by Crippen LogP contribution is 2.18. The third-order valence-corrected chi connectivity index (χ3v) is 3.86. The zero-order valence-corrected chi connectivity index (χ0v) is 14.4. The Morgan fingerprint density at radius 1 is 1.08 bits per heavy atom. The van der Waals surface area contributed by atoms with Crippen LogP contribution in [0.15, 0.2) is 48.5 Å². The Hall–Kier alpha value is -2.49. The number of hydrogen-bond acceptors (Lipinski definition) is 3. The molecule has 128 valence electrons. The Morgan fingerprint density at radius 3 is 2.38 bits per heavy atom. The van der Waals surface area contributed by atoms with Crippen LogP contribution in [0.25, 0.3) is 0 Å². The van der Waals surface area contributed by atoms with Crippen molar-refractivity contribution in [1.29, 1.82) is 0 Å². The van der Waals surface area contributed by atoms with Crippen LogP contribution in [0, 0.1) is 0 Å². The number of carbonyl (C=O) groups is 1. The second-order valence-corrected chi connectivity index (χ2v) is 6.16. The molecule has 0 aliphatic rings. The van der Waals surface area contributed by atoms with Gasteiger partial charge in [0, 0.05) is 12.2 Å². The molecule has 24 heavy (non-hydrogen) atoms. The number of nitrogens with one attached hydrogen (secondary N) is 1. The van der Waals surface area contributed by atoms with Gasteiger partial charge >= 0.3 is 0 Å². The molecule has 0 saturated carbocycles. The van der Waals surface area contributed by atoms with Crippen LogP contribution in [0.5, 0.6) is 5.75 Å². The van der Waals surface area contributed by atoms with Crippen LogP contribution in [0.4, 0.5) is 5.69 Å². The van der Waals surface area contributed by atoms with E-state index in [1.54, 1.807) is 0 Å². The molecule has 0 heterocycles. The Bertz CT molecular complexity index is 634. The van der Waals surface area contributed by atoms with E-state index < -0.39 is 0 Å². The van der Waals surface area contributed by atoms with Crippen molar-refractivity contribution in [3.8, 4) is 5.75 Å². The van der Waals surface area contributed by atoms with Crippen molar-refractivity contribution in [3.63, 3.8) is 0 Å². The highest BCUT2D eigenvalue weighted by molar-refractivity contribution is 5.76. The minimum absolute atomic E-state index is 0.00393. The van der Waals surface area contributed by atoms with Crippen LogP contribution < -0.4 is 15.8 Å². The van der Waals surface area contributed by atoms with Crippen molar-refractivity contribution in [2.24, 2.45) is 0 Å². The van der Waals surface area contributed by atoms with E-state index in [9.17, 15) is 4.79 Å². The van der Waals surface area contributed by atoms with Crippen LogP contribution in [-0.2, 0) is 11.2 Å². The van der Waals surface area contributed by atoms with E-state index in [2.05, 4.69) is 31.3 Å². The summed E-state index contributed by atoms with van der Waals surface area (Å²) in [6.45, 7) is 5.32. The predicted octanol–water partition coefficient (Wildman–Crippen LogP) is 3.52. The molecule has 4 nitrogen and oxygen atoms in total. The lowest BCUT2D eigenvalue weighted by molar-refractivity contribution is -0.121. The topological polar surface area (TPSA) is 64.3 Å². The van der Waals surface area contributed by atoms with Gasteiger partial charge in [-0.3, -0.25) is 4.79 Å². The lowest BCUT2D eigenvalue weighted by Gasteiger charge is -2.09. The van der Waals surface area contributed by atoms with Gasteiger partial charge in [-0.2, -0.15) is 0 Å². The van der Waals surface area contributed by atoms with Gasteiger partial charge < -0.3 is 15.8 Å². The summed E-state index contributed by atoms with van der Waals surface area (Å²) in [6.07, 6.45) is 1.15. The summed E-state index contributed by atoms with van der Waals surface area (Å²) in [7, 11) is 0. The first-order chi connectivity index (χ1) is 11.5. The monoisotopic (exact) mass is 326 g/mol. The van der Waals surface area contributed by atoms with Crippen molar-refractivity contribution in [1.82, 2.24) is 5.32 Å². The summed E-state index contributed by atoms with van der Waals surface area (Å²) in [5, 5.41) is 2.91. The molecular formula is C20H26N2O2. The number of ether oxygens (including phenoxy) is 1. The van der Waals surface area contributed by atoms with E-state index in [1.165, 1.54) is 5.56 Å². The molecule has 2 aromatic rings. The molecule has 0 radical (unpaired) electrons. The van der Waals surface area contributed by atoms with Crippen molar-refractivity contribution < 1.29 is 9.53 Å². The molecule has 0 aromatic heterocycles. The second kappa shape index (κ2) is 8.96. The Kier molecular flexibility index (Phi) is 6.67. The maximum absolute atomic E-state index is 11.8. The van der Waals surface area contributed by atoms with Crippen LogP contribution in [-0.4, -0.2) is 19.1 Å². The molecule has 2 rings (SSSR count). The fraction of sp³-hybridized carbons (Fsp3) is 0.350. The Morgan fingerprint density at radius 2 is 1.75 bits per heavy atom. The van der Waals surface area contributed by atoms with E-state index in [-0.39, 0.29) is 5.91 Å². The first kappa shape index (κ1) is 17.9. The zero-order chi connectivity index (χ0) is 17.4. The van der Waals surface area contributed by atoms with Gasteiger partial charge in [0.2, 0.25) is 5.91 Å². The van der Waals surface area contributed by atoms with Crippen LogP contribution in [0.3, 0.4) is 0 Å². The Balaban J connectivity index is 1.63. The van der Waals surface area contributed by atoms with Gasteiger partial charge in [0.05, 0.1) is 13.0 Å². The van der Waals surface area contributed by atoms with Crippen molar-refractivity contribution in [3.05, 3.63) is 59.7 Å². The first-order valence-electron chi connectivity index (χ1n) is 8.38. The van der Waals surface area contributed by atoms with Gasteiger partial charge in [0.15, 0.2) is 0 Å². The third kappa shape index (κ3) is 5.95. The quantitative estimate of drug-likeness (QED) is 0.730. The molecule has 3 N–H and O–H groups in total. The number of amides is 1. The van der Waals surface area contributed by atoms with Gasteiger partial charge in [-0.25, -0.2) is 0 Å². The van der Waals surface area contributed by atoms with E-state index >= 15 is 0 Å². The molecule has 0 saturated heterocycles. The molecule has 0 aliphatic heterocycles. The zero-order valence-electron chi connectivity index (χ0n) is 14.4. The lowest BCUT2D eigenvalue weighted by Crippen LogP contribution is -2.27. The summed E-state index contributed by atoms with van der Waals surface area (Å²) in [5.74, 6) is 1.31. The number of nitrogens with two attached hydrogens (primary N) is 1. The molecule has 0 fully saturated rings. The van der Waals surface area contributed by atoms with Gasteiger partial charge in [-0.15, -0.1) is 0 Å². The minimum Gasteiger partial charge on any atom is -0.493 e. The predicted molar refractivity (Wildman–Crippen MR) is 98.2 cm³/mol. The summed E-state index contributed by atoms with van der Waals surface area (Å²) >= 11 is 0. The number of benzene rings is 2. The summed E-state index contributed by atoms with van der Waals surface area (Å²) in [5.41, 5.74) is 8.84. The van der Waals surface area contributed by atoms with Gasteiger partial charge in [0.1, 0.15) is 5.75 Å². The van der Waals surface area contributed by atoms with Crippen LogP contribution >= 0.6 is 0 Å². The number of hydrogen-bond donors (Lipinski definition) is 2. The molecule has 1 amide bonds. The van der Waals surface area contributed by atoms with Gasteiger partial charge in [0.25, 0.3) is 0 Å². The highest BCUT2D eigenvalue weighted by atomic mass is 16.5. The molecular weight excluding hydrogens is 300 g/mol. The van der Waals surface area contributed by atoms with E-state index in [0.717, 1.165) is 23.4 Å². The average molecular weight is 326 g/mol. The molecule has 0 unspecified atom stereocenters. The molecule has 0 bridgehead atoms. The van der Waals surface area contributed by atoms with Crippen molar-refractivity contribution in [2.45, 2.75) is 32.6 Å². The fourth-order valence-electron chi connectivity index (χ4n) is 2.33. The van der Waals surface area contributed by atoms with Crippen LogP contribution in [0.1, 0.15) is 37.3 Å². The van der Waals surface area contributed by atoms with Crippen LogP contribution in [0.2, 0.25) is 0 Å². The summed E-state index contributed by atoms with van der Waals surface area (Å²) < 4.78 is 5.61. The normalized spacial score (nSPS) is 10.6. The van der Waals surface area contributed by atoms with Crippen molar-refractivity contribution in [2.75, 3.05) is 18.9 Å². The molecule has 0 atom stereocenters. The highest BCUT2D eigenvalue weighted by Gasteiger charge is 2.03. The SMILES string of the molecule is CC(C)c1ccc(OCCC(=O)NCCc2ccc(N)cc2)cc1. The fourth-order valence-corrected chi connectivity index (χ4v) is 2.33. The lowest BCUT2D eigenvalue weighted by atomic mass is 10.0. The van der Waals surface area contributed by atoms with Gasteiger partial charge in [-0.05, 0) is 47.7 Å². The smallest absolute Gasteiger partial charge is 0.223 e. The number of anilines is 1. The maximum atomic E-state index is 11.8. The number of carbonyl (C=O) groups excluding carboxylic acids is 1. The second-order valence-electron chi connectivity index (χ2n) is 6.16. The Labute approximate surface area is 144 Å². The summed E-state index contributed by atoms with van der Waals surface area (Å²) in [6, 6.07) is 15.7. The van der Waals surface area contributed by atoms with Crippen molar-refractivity contribution >= 4 is 11.6 Å². The number of rotatable bonds is 8. The van der Waals surface area contributed by atoms with E-state index in [0.29, 0.717) is 25.5 Å². The first-order valence-corrected chi connectivity index (χ1v) is 8.38. The molecule has 0 aliphatic carbocycles. The maximum Gasteiger partial charge on any atom is 0.223 e. The van der Waals surface area contributed by atoms with E-state index in [1.807, 2.05) is 36.4 Å². The molecule has 0 spiro atoms. The molecule has 2 aromatic carbocycles. The largest absolute Gasteiger partial charge is 0.493 e.